The maximum absolute atomic E-state index is 13.1. The van der Waals surface area contributed by atoms with E-state index >= 15 is 0 Å². The minimum absolute atomic E-state index is 0.0337. The number of aldehydes is 1. The summed E-state index contributed by atoms with van der Waals surface area (Å²) in [7, 11) is -3.76. The van der Waals surface area contributed by atoms with E-state index in [2.05, 4.69) is 15.2 Å². The summed E-state index contributed by atoms with van der Waals surface area (Å²) in [5, 5.41) is 6.84. The maximum atomic E-state index is 13.1. The van der Waals surface area contributed by atoms with Crippen molar-refractivity contribution in [3.63, 3.8) is 0 Å². The lowest BCUT2D eigenvalue weighted by molar-refractivity contribution is -0.107. The molecule has 1 aliphatic heterocycles. The van der Waals surface area contributed by atoms with E-state index in [-0.39, 0.29) is 19.3 Å². The van der Waals surface area contributed by atoms with Crippen LogP contribution in [-0.2, 0) is 24.2 Å². The number of aromatic nitrogens is 3. The smallest absolute Gasteiger partial charge is 0.413 e. The number of anilines is 1. The van der Waals surface area contributed by atoms with E-state index in [4.69, 9.17) is 19.5 Å². The van der Waals surface area contributed by atoms with E-state index in [1.54, 1.807) is 28.8 Å². The lowest BCUT2D eigenvalue weighted by atomic mass is 9.98. The Morgan fingerprint density at radius 2 is 2.16 bits per heavy atom. The predicted molar refractivity (Wildman–Crippen MR) is 114 cm³/mol. The van der Waals surface area contributed by atoms with E-state index in [9.17, 15) is 9.36 Å². The van der Waals surface area contributed by atoms with Crippen LogP contribution in [0, 0.1) is 0 Å². The second-order valence-corrected chi connectivity index (χ2v) is 9.15. The van der Waals surface area contributed by atoms with Crippen LogP contribution in [-0.4, -0.2) is 40.1 Å². The van der Waals surface area contributed by atoms with E-state index in [1.165, 1.54) is 6.33 Å². The summed E-state index contributed by atoms with van der Waals surface area (Å²) >= 11 is 0. The van der Waals surface area contributed by atoms with Crippen molar-refractivity contribution in [1.82, 2.24) is 19.7 Å². The highest BCUT2D eigenvalue weighted by Gasteiger charge is 2.41. The number of nitrogen functional groups attached to an aromatic ring is 1. The minimum Gasteiger partial charge on any atom is -0.413 e. The number of hydrogen-bond acceptors (Lipinski definition) is 8. The molecule has 2 aromatic heterocycles. The third-order valence-corrected chi connectivity index (χ3v) is 6.67. The molecule has 164 valence electrons. The highest BCUT2D eigenvalue weighted by Crippen LogP contribution is 2.46. The fourth-order valence-corrected chi connectivity index (χ4v) is 4.90. The number of nitrogens with two attached hydrogens (primary N) is 1. The van der Waals surface area contributed by atoms with Crippen LogP contribution in [0.15, 0.2) is 48.8 Å². The quantitative estimate of drug-likeness (QED) is 0.377. The summed E-state index contributed by atoms with van der Waals surface area (Å²) < 4.78 is 32.2. The van der Waals surface area contributed by atoms with Gasteiger partial charge in [-0.25, -0.2) is 19.2 Å². The van der Waals surface area contributed by atoms with Crippen LogP contribution in [0.2, 0.25) is 0 Å². The summed E-state index contributed by atoms with van der Waals surface area (Å²) in [6, 6.07) is 12.4. The van der Waals surface area contributed by atoms with Crippen molar-refractivity contribution < 1.29 is 23.1 Å². The molecule has 3 aromatic rings. The molecule has 10 nitrogen and oxygen atoms in total. The van der Waals surface area contributed by atoms with Crippen molar-refractivity contribution in [3.05, 3.63) is 54.5 Å². The third-order valence-electron chi connectivity index (χ3n) is 5.16. The topological polar surface area (TPSA) is 130 Å². The monoisotopic (exact) mass is 445 g/mol. The van der Waals surface area contributed by atoms with Gasteiger partial charge >= 0.3 is 7.75 Å². The molecule has 3 atom stereocenters. The van der Waals surface area contributed by atoms with Gasteiger partial charge in [-0.1, -0.05) is 18.2 Å². The number of rotatable bonds is 9. The molecule has 1 aliphatic rings. The molecule has 0 aliphatic carbocycles. The van der Waals surface area contributed by atoms with Crippen molar-refractivity contribution in [2.24, 2.45) is 0 Å². The van der Waals surface area contributed by atoms with Crippen LogP contribution in [0.25, 0.3) is 5.52 Å². The SMILES string of the molecule is C[C@]1(c2ccc3c(N)ncnn23)CCC(CO[P@@](=O)(NCC=O)Oc2ccccc2)O1. The summed E-state index contributed by atoms with van der Waals surface area (Å²) in [5.41, 5.74) is 6.86. The zero-order valence-electron chi connectivity index (χ0n) is 17.0. The number of nitrogens with zero attached hydrogens (tertiary/aromatic N) is 3. The molecule has 0 radical (unpaired) electrons. The van der Waals surface area contributed by atoms with Crippen LogP contribution in [0.1, 0.15) is 25.5 Å². The average Bonchev–Trinajstić information content (AvgIpc) is 3.37. The number of carbonyl (C=O) groups is 1. The zero-order valence-corrected chi connectivity index (χ0v) is 17.9. The molecule has 1 unspecified atom stereocenters. The molecule has 0 saturated carbocycles. The first-order valence-corrected chi connectivity index (χ1v) is 11.4. The van der Waals surface area contributed by atoms with Crippen LogP contribution < -0.4 is 15.3 Å². The first-order chi connectivity index (χ1) is 14.9. The fraction of sp³-hybridized carbons (Fsp3) is 0.350. The Bertz CT molecular complexity index is 1110. The predicted octanol–water partition coefficient (Wildman–Crippen LogP) is 2.70. The third kappa shape index (κ3) is 4.62. The number of fused-ring (bicyclic) bond motifs is 1. The molecule has 1 saturated heterocycles. The summed E-state index contributed by atoms with van der Waals surface area (Å²) in [5.74, 6) is 0.765. The molecule has 11 heteroatoms. The molecule has 0 bridgehead atoms. The molecule has 1 aromatic carbocycles. The van der Waals surface area contributed by atoms with Crippen LogP contribution in [0.5, 0.6) is 5.75 Å². The van der Waals surface area contributed by atoms with Gasteiger partial charge in [0.25, 0.3) is 0 Å². The molecule has 0 amide bonds. The summed E-state index contributed by atoms with van der Waals surface area (Å²) in [4.78, 5) is 14.8. The number of para-hydroxylation sites is 1. The van der Waals surface area contributed by atoms with Gasteiger partial charge in [-0.2, -0.15) is 5.10 Å². The minimum atomic E-state index is -3.76. The molecule has 3 heterocycles. The second kappa shape index (κ2) is 8.76. The van der Waals surface area contributed by atoms with Gasteiger partial charge in [-0.3, -0.25) is 4.52 Å². The number of benzene rings is 1. The maximum Gasteiger partial charge on any atom is 0.459 e. The van der Waals surface area contributed by atoms with Crippen molar-refractivity contribution in [1.29, 1.82) is 0 Å². The van der Waals surface area contributed by atoms with Gasteiger partial charge in [0.1, 0.15) is 29.5 Å². The average molecular weight is 445 g/mol. The summed E-state index contributed by atoms with van der Waals surface area (Å²) in [6.07, 6.45) is 3.08. The molecule has 1 fully saturated rings. The molecular formula is C20H24N5O5P. The van der Waals surface area contributed by atoms with E-state index in [0.29, 0.717) is 36.2 Å². The highest BCUT2D eigenvalue weighted by atomic mass is 31.2. The van der Waals surface area contributed by atoms with Crippen molar-refractivity contribution in [2.75, 3.05) is 18.9 Å². The summed E-state index contributed by atoms with van der Waals surface area (Å²) in [6.45, 7) is 1.84. The number of carbonyl (C=O) groups excluding carboxylic acids is 1. The first-order valence-electron chi connectivity index (χ1n) is 9.87. The molecule has 31 heavy (non-hydrogen) atoms. The molecule has 3 N–H and O–H groups in total. The Labute approximate surface area is 179 Å². The van der Waals surface area contributed by atoms with Gasteiger partial charge in [0.05, 0.1) is 24.9 Å². The van der Waals surface area contributed by atoms with Crippen molar-refractivity contribution in [2.45, 2.75) is 31.5 Å². The largest absolute Gasteiger partial charge is 0.459 e. The van der Waals surface area contributed by atoms with E-state index < -0.39 is 13.3 Å². The standard InChI is InChI=1S/C20H24N5O5P/c1-20(18-8-7-17-19(21)22-14-23-25(17)18)10-9-16(29-20)13-28-31(27,24-11-12-26)30-15-5-3-2-4-6-15/h2-8,12,14,16H,9-11,13H2,1H3,(H,24,27)(H2,21,22,23)/t16?,20-,31+/m1/s1. The van der Waals surface area contributed by atoms with Gasteiger partial charge in [0, 0.05) is 0 Å². The van der Waals surface area contributed by atoms with E-state index in [1.807, 2.05) is 25.1 Å². The Balaban J connectivity index is 1.45. The zero-order chi connectivity index (χ0) is 21.9. The normalized spacial score (nSPS) is 22.9. The second-order valence-electron chi connectivity index (χ2n) is 7.40. The molecular weight excluding hydrogens is 421 g/mol. The van der Waals surface area contributed by atoms with Gasteiger partial charge in [-0.15, -0.1) is 0 Å². The Hall–Kier alpha value is -2.78. The van der Waals surface area contributed by atoms with Gasteiger partial charge in [0.2, 0.25) is 0 Å². The Morgan fingerprint density at radius 3 is 2.94 bits per heavy atom. The number of nitrogens with one attached hydrogen (secondary N) is 1. The first kappa shape index (κ1) is 21.5. The van der Waals surface area contributed by atoms with Crippen LogP contribution in [0.4, 0.5) is 5.82 Å². The van der Waals surface area contributed by atoms with Crippen LogP contribution in [0.3, 0.4) is 0 Å². The lowest BCUT2D eigenvalue weighted by Gasteiger charge is -2.25. The highest BCUT2D eigenvalue weighted by molar-refractivity contribution is 7.52. The van der Waals surface area contributed by atoms with Gasteiger partial charge in [-0.05, 0) is 44.0 Å². The Morgan fingerprint density at radius 1 is 1.35 bits per heavy atom. The van der Waals surface area contributed by atoms with Gasteiger partial charge < -0.3 is 19.8 Å². The fourth-order valence-electron chi connectivity index (χ4n) is 3.64. The number of hydrogen-bond donors (Lipinski definition) is 2. The number of ether oxygens (including phenoxy) is 1. The lowest BCUT2D eigenvalue weighted by Crippen LogP contribution is -2.27. The Kier molecular flexibility index (Phi) is 6.06. The molecule has 4 rings (SSSR count). The molecule has 0 spiro atoms. The van der Waals surface area contributed by atoms with Crippen LogP contribution >= 0.6 is 7.75 Å². The van der Waals surface area contributed by atoms with Crippen molar-refractivity contribution >= 4 is 25.4 Å². The van der Waals surface area contributed by atoms with E-state index in [0.717, 1.165) is 5.69 Å². The van der Waals surface area contributed by atoms with Crippen molar-refractivity contribution in [3.8, 4) is 5.75 Å². The van der Waals surface area contributed by atoms with Gasteiger partial charge in [0.15, 0.2) is 5.82 Å².